The molecule has 5 atom stereocenters. The molecule has 0 bridgehead atoms. The molecule has 0 aromatic carbocycles. The van der Waals surface area contributed by atoms with E-state index in [2.05, 4.69) is 6.92 Å². The molecule has 4 heteroatoms. The fraction of sp³-hybridized carbons (Fsp3) is 0.714. The third-order valence-electron chi connectivity index (χ3n) is 5.55. The number of allylic oxidation sites excluding steroid dienone is 3. The fourth-order valence-electron chi connectivity index (χ4n) is 3.78. The predicted octanol–water partition coefficient (Wildman–Crippen LogP) is 4.14. The van der Waals surface area contributed by atoms with Crippen LogP contribution in [0.3, 0.4) is 0 Å². The molecule has 2 N–H and O–H groups in total. The highest BCUT2D eigenvalue weighted by Crippen LogP contribution is 2.42. The molecular weight excluding hydrogens is 316 g/mol. The maximum absolute atomic E-state index is 12.1. The van der Waals surface area contributed by atoms with Crippen molar-refractivity contribution in [1.82, 2.24) is 0 Å². The van der Waals surface area contributed by atoms with Gasteiger partial charge in [0.05, 0.1) is 12.0 Å². The maximum Gasteiger partial charge on any atom is 0.306 e. The Labute approximate surface area is 151 Å². The van der Waals surface area contributed by atoms with Gasteiger partial charge in [0, 0.05) is 11.8 Å². The van der Waals surface area contributed by atoms with E-state index >= 15 is 0 Å². The molecule has 2 aliphatic rings. The molecule has 0 spiro atoms. The van der Waals surface area contributed by atoms with Crippen LogP contribution in [-0.2, 0) is 9.59 Å². The first kappa shape index (κ1) is 19.9. The van der Waals surface area contributed by atoms with Gasteiger partial charge in [-0.05, 0) is 37.7 Å². The number of aliphatic hydroxyl groups excluding tert-OH is 1. The van der Waals surface area contributed by atoms with Gasteiger partial charge >= 0.3 is 5.97 Å². The molecule has 0 aromatic heterocycles. The van der Waals surface area contributed by atoms with Gasteiger partial charge in [0.15, 0.2) is 5.78 Å². The second kappa shape index (κ2) is 9.91. The van der Waals surface area contributed by atoms with Crippen LogP contribution in [0.2, 0.25) is 0 Å². The van der Waals surface area contributed by atoms with Crippen molar-refractivity contribution in [3.05, 3.63) is 24.3 Å². The van der Waals surface area contributed by atoms with Crippen LogP contribution in [-0.4, -0.2) is 28.1 Å². The van der Waals surface area contributed by atoms with Crippen molar-refractivity contribution in [2.75, 3.05) is 0 Å². The Balaban J connectivity index is 1.68. The quantitative estimate of drug-likeness (QED) is 0.411. The van der Waals surface area contributed by atoms with Crippen LogP contribution in [0.25, 0.3) is 0 Å². The number of ketones is 1. The van der Waals surface area contributed by atoms with Crippen LogP contribution in [0.4, 0.5) is 0 Å². The van der Waals surface area contributed by atoms with Gasteiger partial charge in [-0.1, -0.05) is 57.3 Å². The first-order chi connectivity index (χ1) is 12.0. The topological polar surface area (TPSA) is 74.6 Å². The van der Waals surface area contributed by atoms with Gasteiger partial charge in [-0.3, -0.25) is 9.59 Å². The summed E-state index contributed by atoms with van der Waals surface area (Å²) in [5, 5.41) is 18.9. The third kappa shape index (κ3) is 6.43. The van der Waals surface area contributed by atoms with Crippen molar-refractivity contribution in [3.63, 3.8) is 0 Å². The van der Waals surface area contributed by atoms with Crippen molar-refractivity contribution in [3.8, 4) is 0 Å². The summed E-state index contributed by atoms with van der Waals surface area (Å²) in [6.45, 7) is 2.15. The number of carboxylic acid groups (broad SMARTS) is 1. The van der Waals surface area contributed by atoms with Gasteiger partial charge < -0.3 is 10.2 Å². The molecule has 4 nitrogen and oxygen atoms in total. The number of rotatable bonds is 12. The molecule has 0 amide bonds. The first-order valence-corrected chi connectivity index (χ1v) is 9.84. The molecule has 0 aliphatic heterocycles. The number of carbonyl (C=O) groups is 2. The van der Waals surface area contributed by atoms with Gasteiger partial charge in [-0.15, -0.1) is 0 Å². The Morgan fingerprint density at radius 1 is 1.28 bits per heavy atom. The summed E-state index contributed by atoms with van der Waals surface area (Å²) in [6.07, 6.45) is 15.7. The number of hydrogen-bond donors (Lipinski definition) is 2. The average Bonchev–Trinajstić information content (AvgIpc) is 3.28. The second-order valence-corrected chi connectivity index (χ2v) is 7.62. The fourth-order valence-corrected chi connectivity index (χ4v) is 3.78. The summed E-state index contributed by atoms with van der Waals surface area (Å²) in [6, 6.07) is 0. The number of hydrogen-bond acceptors (Lipinski definition) is 3. The average molecular weight is 348 g/mol. The highest BCUT2D eigenvalue weighted by Gasteiger charge is 2.42. The minimum atomic E-state index is -0.664. The summed E-state index contributed by atoms with van der Waals surface area (Å²) < 4.78 is 0. The standard InChI is InChI=1S/C21H32O4/c1-2-3-4-8-17(22)12-10-15-11-13-20(23)18(15)9-6-5-7-16-14-19(16)21(24)25/h10-13,15-19,22H,2-9,14H2,1H3,(H,24,25)/b12-10+/t15-,16+,17-,18+,19+/m0/s1. The molecule has 25 heavy (non-hydrogen) atoms. The molecular formula is C21H32O4. The molecule has 140 valence electrons. The van der Waals surface area contributed by atoms with E-state index in [4.69, 9.17) is 5.11 Å². The summed E-state index contributed by atoms with van der Waals surface area (Å²) in [7, 11) is 0. The molecule has 0 heterocycles. The molecule has 2 aliphatic carbocycles. The highest BCUT2D eigenvalue weighted by atomic mass is 16.4. The lowest BCUT2D eigenvalue weighted by Crippen LogP contribution is -2.15. The van der Waals surface area contributed by atoms with Crippen LogP contribution >= 0.6 is 0 Å². The lowest BCUT2D eigenvalue weighted by atomic mass is 9.88. The Bertz CT molecular complexity index is 508. The molecule has 0 radical (unpaired) electrons. The zero-order valence-electron chi connectivity index (χ0n) is 15.3. The Hall–Kier alpha value is -1.42. The predicted molar refractivity (Wildman–Crippen MR) is 98.1 cm³/mol. The maximum atomic E-state index is 12.1. The van der Waals surface area contributed by atoms with Crippen molar-refractivity contribution >= 4 is 11.8 Å². The summed E-state index contributed by atoms with van der Waals surface area (Å²) in [4.78, 5) is 22.9. The first-order valence-electron chi connectivity index (χ1n) is 9.84. The van der Waals surface area contributed by atoms with Gasteiger partial charge in [-0.2, -0.15) is 0 Å². The van der Waals surface area contributed by atoms with Gasteiger partial charge in [0.25, 0.3) is 0 Å². The van der Waals surface area contributed by atoms with E-state index in [0.717, 1.165) is 57.8 Å². The van der Waals surface area contributed by atoms with Crippen LogP contribution in [0.15, 0.2) is 24.3 Å². The van der Waals surface area contributed by atoms with E-state index in [1.54, 1.807) is 6.08 Å². The van der Waals surface area contributed by atoms with E-state index in [1.165, 1.54) is 0 Å². The van der Waals surface area contributed by atoms with Gasteiger partial charge in [0.2, 0.25) is 0 Å². The zero-order chi connectivity index (χ0) is 18.2. The smallest absolute Gasteiger partial charge is 0.306 e. The molecule has 0 saturated heterocycles. The van der Waals surface area contributed by atoms with Crippen LogP contribution in [0.1, 0.15) is 64.7 Å². The number of aliphatic carboxylic acids is 1. The minimum absolute atomic E-state index is 0.00596. The highest BCUT2D eigenvalue weighted by molar-refractivity contribution is 5.94. The molecule has 1 saturated carbocycles. The molecule has 0 unspecified atom stereocenters. The summed E-state index contributed by atoms with van der Waals surface area (Å²) in [5.74, 6) is -0.161. The third-order valence-corrected chi connectivity index (χ3v) is 5.55. The number of unbranched alkanes of at least 4 members (excludes halogenated alkanes) is 3. The van der Waals surface area contributed by atoms with Crippen molar-refractivity contribution < 1.29 is 19.8 Å². The van der Waals surface area contributed by atoms with Crippen LogP contribution in [0.5, 0.6) is 0 Å². The normalized spacial score (nSPS) is 29.4. The second-order valence-electron chi connectivity index (χ2n) is 7.62. The largest absolute Gasteiger partial charge is 0.481 e. The number of carboxylic acids is 1. The summed E-state index contributed by atoms with van der Waals surface area (Å²) in [5.41, 5.74) is 0. The minimum Gasteiger partial charge on any atom is -0.481 e. The van der Waals surface area contributed by atoms with Crippen molar-refractivity contribution in [1.29, 1.82) is 0 Å². The monoisotopic (exact) mass is 348 g/mol. The molecule has 0 aromatic rings. The van der Waals surface area contributed by atoms with Crippen LogP contribution in [0, 0.1) is 23.7 Å². The lowest BCUT2D eigenvalue weighted by Gasteiger charge is -2.15. The van der Waals surface area contributed by atoms with Crippen molar-refractivity contribution in [2.24, 2.45) is 23.7 Å². The van der Waals surface area contributed by atoms with E-state index in [0.29, 0.717) is 5.92 Å². The Kier molecular flexibility index (Phi) is 7.89. The SMILES string of the molecule is CCCCC[C@H](O)/C=C/[C@H]1C=CC(=O)[C@@H]1CCCC[C@@H]1C[C@H]1C(=O)O. The molecule has 1 fully saturated rings. The molecule has 2 rings (SSSR count). The van der Waals surface area contributed by atoms with E-state index in [9.17, 15) is 14.7 Å². The Morgan fingerprint density at radius 3 is 2.72 bits per heavy atom. The lowest BCUT2D eigenvalue weighted by molar-refractivity contribution is -0.138. The van der Waals surface area contributed by atoms with Gasteiger partial charge in [0.1, 0.15) is 0 Å². The van der Waals surface area contributed by atoms with Crippen molar-refractivity contribution in [2.45, 2.75) is 70.8 Å². The van der Waals surface area contributed by atoms with Gasteiger partial charge in [-0.25, -0.2) is 0 Å². The zero-order valence-corrected chi connectivity index (χ0v) is 15.3. The Morgan fingerprint density at radius 2 is 2.04 bits per heavy atom. The van der Waals surface area contributed by atoms with E-state index < -0.39 is 12.1 Å². The van der Waals surface area contributed by atoms with E-state index in [1.807, 2.05) is 18.2 Å². The number of carbonyl (C=O) groups excluding carboxylic acids is 1. The summed E-state index contributed by atoms with van der Waals surface area (Å²) >= 11 is 0. The van der Waals surface area contributed by atoms with E-state index in [-0.39, 0.29) is 23.5 Å². The number of aliphatic hydroxyl groups is 1. The van der Waals surface area contributed by atoms with Crippen LogP contribution < -0.4 is 0 Å².